The number of nitriles is 1. The summed E-state index contributed by atoms with van der Waals surface area (Å²) in [5.41, 5.74) is 1.83. The van der Waals surface area contributed by atoms with Crippen molar-refractivity contribution in [2.75, 3.05) is 0 Å². The predicted octanol–water partition coefficient (Wildman–Crippen LogP) is 2.17. The van der Waals surface area contributed by atoms with E-state index < -0.39 is 7.12 Å². The maximum Gasteiger partial charge on any atom is 0.494 e. The summed E-state index contributed by atoms with van der Waals surface area (Å²) in [7, 11) is -0.400. The maximum atomic E-state index is 9.06. The van der Waals surface area contributed by atoms with Gasteiger partial charge in [-0.25, -0.2) is 0 Å². The van der Waals surface area contributed by atoms with Gasteiger partial charge >= 0.3 is 7.12 Å². The molecular weight excluding hydrogens is 225 g/mol. The van der Waals surface area contributed by atoms with Gasteiger partial charge in [0.05, 0.1) is 22.8 Å². The van der Waals surface area contributed by atoms with Crippen LogP contribution < -0.4 is 5.46 Å². The van der Waals surface area contributed by atoms with Gasteiger partial charge in [-0.15, -0.1) is 0 Å². The average Bonchev–Trinajstić information content (AvgIpc) is 2.49. The molecule has 0 atom stereocenters. The Morgan fingerprint density at radius 2 is 1.67 bits per heavy atom. The fourth-order valence-corrected chi connectivity index (χ4v) is 1.89. The third kappa shape index (κ3) is 2.05. The van der Waals surface area contributed by atoms with Gasteiger partial charge in [-0.3, -0.25) is 0 Å². The van der Waals surface area contributed by atoms with Gasteiger partial charge in [-0.2, -0.15) is 5.26 Å². The lowest BCUT2D eigenvalue weighted by Crippen LogP contribution is -2.41. The van der Waals surface area contributed by atoms with Gasteiger partial charge in [0.1, 0.15) is 0 Å². The van der Waals surface area contributed by atoms with Crippen molar-refractivity contribution in [2.24, 2.45) is 0 Å². The summed E-state index contributed by atoms with van der Waals surface area (Å²) in [5.74, 6) is 0. The molecule has 1 aliphatic heterocycles. The predicted molar refractivity (Wildman–Crippen MR) is 71.6 cm³/mol. The molecule has 0 aromatic heterocycles. The molecule has 2 rings (SSSR count). The Labute approximate surface area is 109 Å². The van der Waals surface area contributed by atoms with Gasteiger partial charge in [0.2, 0.25) is 0 Å². The second kappa shape index (κ2) is 4.12. The van der Waals surface area contributed by atoms with E-state index in [0.717, 1.165) is 11.0 Å². The second-order valence-corrected chi connectivity index (χ2v) is 5.77. The summed E-state index contributed by atoms with van der Waals surface area (Å²) in [6.07, 6.45) is 0. The molecule has 1 fully saturated rings. The summed E-state index contributed by atoms with van der Waals surface area (Å²) >= 11 is 0. The van der Waals surface area contributed by atoms with Crippen LogP contribution in [0, 0.1) is 18.3 Å². The molecule has 18 heavy (non-hydrogen) atoms. The van der Waals surface area contributed by atoms with E-state index in [1.54, 1.807) is 0 Å². The zero-order valence-corrected chi connectivity index (χ0v) is 11.6. The van der Waals surface area contributed by atoms with Crippen molar-refractivity contribution >= 4 is 12.6 Å². The van der Waals surface area contributed by atoms with E-state index in [0.29, 0.717) is 5.56 Å². The van der Waals surface area contributed by atoms with E-state index in [1.165, 1.54) is 0 Å². The lowest BCUT2D eigenvalue weighted by atomic mass is 9.78. The number of rotatable bonds is 1. The van der Waals surface area contributed by atoms with Gasteiger partial charge in [0, 0.05) is 0 Å². The van der Waals surface area contributed by atoms with Crippen LogP contribution in [0.4, 0.5) is 0 Å². The highest BCUT2D eigenvalue weighted by atomic mass is 16.7. The Kier molecular flexibility index (Phi) is 3.00. The van der Waals surface area contributed by atoms with Crippen LogP contribution in [-0.2, 0) is 9.31 Å². The van der Waals surface area contributed by atoms with Crippen LogP contribution in [0.5, 0.6) is 0 Å². The molecule has 94 valence electrons. The van der Waals surface area contributed by atoms with Crippen molar-refractivity contribution in [1.82, 2.24) is 0 Å². The van der Waals surface area contributed by atoms with Gasteiger partial charge in [0.25, 0.3) is 0 Å². The molecule has 0 unspecified atom stereocenters. The zero-order chi connectivity index (χ0) is 13.6. The van der Waals surface area contributed by atoms with Gasteiger partial charge < -0.3 is 9.31 Å². The molecule has 0 spiro atoms. The average molecular weight is 243 g/mol. The molecule has 4 heteroatoms. The topological polar surface area (TPSA) is 42.2 Å². The first-order valence-electron chi connectivity index (χ1n) is 6.13. The summed E-state index contributed by atoms with van der Waals surface area (Å²) < 4.78 is 11.9. The molecule has 0 radical (unpaired) electrons. The van der Waals surface area contributed by atoms with Crippen molar-refractivity contribution in [3.63, 3.8) is 0 Å². The van der Waals surface area contributed by atoms with Crippen LogP contribution in [-0.4, -0.2) is 18.3 Å². The minimum atomic E-state index is -0.400. The van der Waals surface area contributed by atoms with Crippen LogP contribution in [0.15, 0.2) is 18.2 Å². The lowest BCUT2D eigenvalue weighted by molar-refractivity contribution is 0.00578. The first-order chi connectivity index (χ1) is 8.27. The first kappa shape index (κ1) is 13.1. The lowest BCUT2D eigenvalue weighted by Gasteiger charge is -2.32. The van der Waals surface area contributed by atoms with Gasteiger partial charge in [0.15, 0.2) is 0 Å². The monoisotopic (exact) mass is 243 g/mol. The number of nitrogens with zero attached hydrogens (tertiary/aromatic N) is 1. The maximum absolute atomic E-state index is 9.06. The molecule has 1 aromatic rings. The standard InChI is InChI=1S/C14H18BNO2/c1-10-6-7-12(8-11(10)9-16)15-17-13(2,3)14(4,5)18-15/h6-8H,1-5H3. The zero-order valence-electron chi connectivity index (χ0n) is 11.6. The van der Waals surface area contributed by atoms with E-state index in [4.69, 9.17) is 14.6 Å². The van der Waals surface area contributed by atoms with E-state index in [-0.39, 0.29) is 11.2 Å². The molecule has 0 bridgehead atoms. The molecule has 1 aliphatic rings. The summed E-state index contributed by atoms with van der Waals surface area (Å²) in [6, 6.07) is 7.92. The first-order valence-corrected chi connectivity index (χ1v) is 6.13. The van der Waals surface area contributed by atoms with Crippen LogP contribution in [0.2, 0.25) is 0 Å². The van der Waals surface area contributed by atoms with Crippen molar-refractivity contribution in [3.8, 4) is 6.07 Å². The molecule has 0 N–H and O–H groups in total. The van der Waals surface area contributed by atoms with Gasteiger partial charge in [-0.1, -0.05) is 12.1 Å². The molecule has 3 nitrogen and oxygen atoms in total. The third-order valence-corrected chi connectivity index (χ3v) is 3.91. The molecular formula is C14H18BNO2. The van der Waals surface area contributed by atoms with E-state index in [9.17, 15) is 0 Å². The highest BCUT2D eigenvalue weighted by Crippen LogP contribution is 2.36. The second-order valence-electron chi connectivity index (χ2n) is 5.77. The fourth-order valence-electron chi connectivity index (χ4n) is 1.89. The normalized spacial score (nSPS) is 20.8. The Morgan fingerprint density at radius 1 is 1.11 bits per heavy atom. The van der Waals surface area contributed by atoms with E-state index in [2.05, 4.69) is 6.07 Å². The van der Waals surface area contributed by atoms with Crippen LogP contribution >= 0.6 is 0 Å². The number of benzene rings is 1. The highest BCUT2D eigenvalue weighted by molar-refractivity contribution is 6.62. The molecule has 0 aliphatic carbocycles. The smallest absolute Gasteiger partial charge is 0.399 e. The third-order valence-electron chi connectivity index (χ3n) is 3.91. The van der Waals surface area contributed by atoms with Crippen LogP contribution in [0.3, 0.4) is 0 Å². The molecule has 0 saturated carbocycles. The van der Waals surface area contributed by atoms with E-state index in [1.807, 2.05) is 52.8 Å². The quantitative estimate of drug-likeness (QED) is 0.710. The van der Waals surface area contributed by atoms with Crippen molar-refractivity contribution in [1.29, 1.82) is 5.26 Å². The number of aryl methyl sites for hydroxylation is 1. The van der Waals surface area contributed by atoms with Crippen molar-refractivity contribution in [3.05, 3.63) is 29.3 Å². The van der Waals surface area contributed by atoms with Crippen LogP contribution in [0.1, 0.15) is 38.8 Å². The Hall–Kier alpha value is -1.31. The molecule has 1 saturated heterocycles. The summed E-state index contributed by atoms with van der Waals surface area (Å²) in [6.45, 7) is 10.0. The SMILES string of the molecule is Cc1ccc(B2OC(C)(C)C(C)(C)O2)cc1C#N. The van der Waals surface area contributed by atoms with Crippen molar-refractivity contribution in [2.45, 2.75) is 45.8 Å². The molecule has 1 heterocycles. The number of hydrogen-bond acceptors (Lipinski definition) is 3. The largest absolute Gasteiger partial charge is 0.494 e. The molecule has 0 amide bonds. The van der Waals surface area contributed by atoms with Gasteiger partial charge in [-0.05, 0) is 51.7 Å². The fraction of sp³-hybridized carbons (Fsp3) is 0.500. The summed E-state index contributed by atoms with van der Waals surface area (Å²) in [5, 5.41) is 9.06. The van der Waals surface area contributed by atoms with E-state index >= 15 is 0 Å². The summed E-state index contributed by atoms with van der Waals surface area (Å²) in [4.78, 5) is 0. The highest BCUT2D eigenvalue weighted by Gasteiger charge is 2.51. The Morgan fingerprint density at radius 3 is 2.17 bits per heavy atom. The molecule has 1 aromatic carbocycles. The Balaban J connectivity index is 2.33. The minimum Gasteiger partial charge on any atom is -0.399 e. The van der Waals surface area contributed by atoms with Crippen LogP contribution in [0.25, 0.3) is 0 Å². The Bertz CT molecular complexity index is 501. The number of hydrogen-bond donors (Lipinski definition) is 0. The van der Waals surface area contributed by atoms with Crippen molar-refractivity contribution < 1.29 is 9.31 Å². The minimum absolute atomic E-state index is 0.352.